The Bertz CT molecular complexity index is 283. The van der Waals surface area contributed by atoms with Gasteiger partial charge < -0.3 is 34.9 Å². The second-order valence-electron chi connectivity index (χ2n) is 3.32. The molecule has 0 aliphatic carbocycles. The van der Waals surface area contributed by atoms with Crippen molar-refractivity contribution in [3.63, 3.8) is 0 Å². The van der Waals surface area contributed by atoms with E-state index in [0.717, 1.165) is 0 Å². The molecule has 5 atom stereocenters. The second-order valence-corrected chi connectivity index (χ2v) is 4.56. The van der Waals surface area contributed by atoms with Crippen LogP contribution in [0.3, 0.4) is 0 Å². The molecule has 17 heavy (non-hydrogen) atoms. The summed E-state index contributed by atoms with van der Waals surface area (Å²) in [5.41, 5.74) is 0. The first-order valence-corrected chi connectivity index (χ1v) is 5.83. The third-order valence-corrected chi connectivity index (χ3v) is 2.58. The quantitative estimate of drug-likeness (QED) is 0.205. The molecular weight excluding hydrogens is 384 g/mol. The molecule has 1 aliphatic rings. The van der Waals surface area contributed by atoms with Crippen molar-refractivity contribution in [1.29, 1.82) is 0 Å². The Morgan fingerprint density at radius 2 is 1.59 bits per heavy atom. The molecule has 9 nitrogen and oxygen atoms in total. The summed E-state index contributed by atoms with van der Waals surface area (Å²) in [6.07, 6.45) is -8.11. The zero-order chi connectivity index (χ0) is 12.5. The number of phosphoric acid groups is 1. The third-order valence-electron chi connectivity index (χ3n) is 2.09. The van der Waals surface area contributed by atoms with Gasteiger partial charge in [0, 0.05) is 0 Å². The van der Waals surface area contributed by atoms with Gasteiger partial charge in [-0.2, -0.15) is 0 Å². The molecule has 0 amide bonds. The Hall–Kier alpha value is 1.48. The Balaban J connectivity index is 0.00000256. The van der Waals surface area contributed by atoms with Gasteiger partial charge in [-0.3, -0.25) is 4.52 Å². The van der Waals surface area contributed by atoms with Crippen LogP contribution in [0, 0.1) is 0 Å². The zero-order valence-corrected chi connectivity index (χ0v) is 8.84. The first kappa shape index (κ1) is 18.5. The third kappa shape index (κ3) is 5.55. The van der Waals surface area contributed by atoms with Gasteiger partial charge in [0.25, 0.3) is 0 Å². The average molecular weight is 399 g/mol. The van der Waals surface area contributed by atoms with Gasteiger partial charge in [0.05, 0.1) is 6.61 Å². The predicted molar refractivity (Wildman–Crippen MR) is 55.4 cm³/mol. The predicted octanol–water partition coefficient (Wildman–Crippen LogP) is -4.02. The van der Waals surface area contributed by atoms with Crippen LogP contribution in [0.2, 0.25) is 0 Å². The Morgan fingerprint density at radius 3 is 2.06 bits per heavy atom. The molecule has 0 aromatic carbocycles. The van der Waals surface area contributed by atoms with Gasteiger partial charge in [0.1, 0.15) is 24.4 Å². The summed E-state index contributed by atoms with van der Waals surface area (Å²) < 4.78 is 19.0. The second kappa shape index (κ2) is 7.31. The topological polar surface area (TPSA) is 157 Å². The molecule has 1 heterocycles. The van der Waals surface area contributed by atoms with Crippen LogP contribution in [0.15, 0.2) is 0 Å². The Morgan fingerprint density at radius 1 is 1.06 bits per heavy atom. The molecule has 1 rings (SSSR count). The van der Waals surface area contributed by atoms with E-state index in [2.05, 4.69) is 9.26 Å². The number of hydrogen-bond donors (Lipinski definition) is 6. The molecule has 6 N–H and O–H groups in total. The summed E-state index contributed by atoms with van der Waals surface area (Å²) in [6.45, 7) is -0.730. The van der Waals surface area contributed by atoms with E-state index in [1.165, 1.54) is 0 Å². The van der Waals surface area contributed by atoms with Crippen molar-refractivity contribution in [2.45, 2.75) is 30.7 Å². The monoisotopic (exact) mass is 400 g/mol. The number of rotatable bonds is 3. The summed E-state index contributed by atoms with van der Waals surface area (Å²) in [5, 5.41) is 36.7. The van der Waals surface area contributed by atoms with E-state index in [1.54, 1.807) is 0 Å². The van der Waals surface area contributed by atoms with Crippen molar-refractivity contribution >= 4 is 56.7 Å². The van der Waals surface area contributed by atoms with Crippen molar-refractivity contribution in [2.24, 2.45) is 0 Å². The van der Waals surface area contributed by atoms with Gasteiger partial charge in [-0.05, 0) is 0 Å². The number of aliphatic hydroxyl groups is 4. The number of aliphatic hydroxyl groups excluding tert-OH is 4. The van der Waals surface area contributed by atoms with Crippen LogP contribution >= 0.6 is 7.82 Å². The number of hydrogen-bond acceptors (Lipinski definition) is 7. The maximum atomic E-state index is 10.4. The first-order valence-electron chi connectivity index (χ1n) is 4.30. The van der Waals surface area contributed by atoms with E-state index in [1.807, 2.05) is 0 Å². The molecule has 11 heteroatoms. The van der Waals surface area contributed by atoms with Crippen LogP contribution in [0.5, 0.6) is 0 Å². The molecule has 0 bridgehead atoms. The fourth-order valence-electron chi connectivity index (χ4n) is 1.24. The first-order chi connectivity index (χ1) is 7.22. The van der Waals surface area contributed by atoms with Crippen molar-refractivity contribution in [3.8, 4) is 0 Å². The van der Waals surface area contributed by atoms with E-state index >= 15 is 0 Å². The summed E-state index contributed by atoms with van der Waals surface area (Å²) >= 11 is 0. The Labute approximate surface area is 137 Å². The van der Waals surface area contributed by atoms with Crippen molar-refractivity contribution < 1.29 is 44.0 Å². The van der Waals surface area contributed by atoms with Gasteiger partial charge in [-0.1, -0.05) is 0 Å². The molecule has 0 aromatic heterocycles. The summed E-state index contributed by atoms with van der Waals surface area (Å²) in [6, 6.07) is 0. The van der Waals surface area contributed by atoms with E-state index in [4.69, 9.17) is 20.0 Å². The summed E-state index contributed by atoms with van der Waals surface area (Å²) in [4.78, 5) is 16.8. The SMILES string of the molecule is O=P(O)(O)OC[C@H]1O[C@H](O)[C@H](O)[C@@H](O)[C@@H]1O.[BaH2]. The summed E-state index contributed by atoms with van der Waals surface area (Å²) in [7, 11) is -4.73. The van der Waals surface area contributed by atoms with Crippen LogP contribution in [-0.4, -0.2) is 116 Å². The molecule has 0 spiro atoms. The van der Waals surface area contributed by atoms with Gasteiger partial charge in [-0.25, -0.2) is 4.57 Å². The molecule has 0 unspecified atom stereocenters. The molecule has 1 aliphatic heterocycles. The normalized spacial score (nSPS) is 38.6. The van der Waals surface area contributed by atoms with Crippen LogP contribution < -0.4 is 0 Å². The van der Waals surface area contributed by atoms with Crippen LogP contribution in [0.25, 0.3) is 0 Å². The van der Waals surface area contributed by atoms with E-state index in [9.17, 15) is 14.8 Å². The molecule has 1 saturated heterocycles. The molecule has 100 valence electrons. The molecular formula is C6H15BaO9P. The van der Waals surface area contributed by atoms with Gasteiger partial charge >= 0.3 is 56.7 Å². The fourth-order valence-corrected chi connectivity index (χ4v) is 1.58. The van der Waals surface area contributed by atoms with Gasteiger partial charge in [-0.15, -0.1) is 0 Å². The van der Waals surface area contributed by atoms with Crippen LogP contribution in [0.4, 0.5) is 0 Å². The standard InChI is InChI=1S/C6H13O9P.Ba.2H/c7-3-2(1-14-16(11,12)13)15-6(10)5(9)4(3)8;;;/h2-10H,1H2,(H2,11,12,13);;;/t2-,3-,4+,5-,6+;;;/m1.../s1. The fraction of sp³-hybridized carbons (Fsp3) is 1.00. The Kier molecular flexibility index (Phi) is 7.95. The number of ether oxygens (including phenoxy) is 1. The summed E-state index contributed by atoms with van der Waals surface area (Å²) in [5.74, 6) is 0. The average Bonchev–Trinajstić information content (AvgIpc) is 2.17. The molecule has 0 saturated carbocycles. The van der Waals surface area contributed by atoms with E-state index in [-0.39, 0.29) is 48.9 Å². The molecule has 0 radical (unpaired) electrons. The minimum atomic E-state index is -4.73. The maximum absolute atomic E-state index is 10.4. The van der Waals surface area contributed by atoms with Crippen LogP contribution in [0.1, 0.15) is 0 Å². The van der Waals surface area contributed by atoms with E-state index < -0.39 is 45.1 Å². The molecule has 1 fully saturated rings. The molecule has 0 aromatic rings. The van der Waals surface area contributed by atoms with Crippen LogP contribution in [-0.2, 0) is 13.8 Å². The zero-order valence-electron chi connectivity index (χ0n) is 7.95. The van der Waals surface area contributed by atoms with Crippen molar-refractivity contribution in [3.05, 3.63) is 0 Å². The van der Waals surface area contributed by atoms with Gasteiger partial charge in [0.15, 0.2) is 6.29 Å². The van der Waals surface area contributed by atoms with Gasteiger partial charge in [0.2, 0.25) is 0 Å². The van der Waals surface area contributed by atoms with Crippen molar-refractivity contribution in [2.75, 3.05) is 6.61 Å². The number of phosphoric ester groups is 1. The van der Waals surface area contributed by atoms with Crippen molar-refractivity contribution in [1.82, 2.24) is 0 Å². The van der Waals surface area contributed by atoms with E-state index in [0.29, 0.717) is 0 Å². The minimum absolute atomic E-state index is 0.